The van der Waals surface area contributed by atoms with Crippen LogP contribution in [0.5, 0.6) is 0 Å². The van der Waals surface area contributed by atoms with E-state index < -0.39 is 9.04 Å². The molecule has 1 fully saturated rings. The topological polar surface area (TPSA) is 40.8 Å². The van der Waals surface area contributed by atoms with Crippen molar-refractivity contribution in [3.8, 4) is 0 Å². The molecule has 1 aliphatic heterocycles. The van der Waals surface area contributed by atoms with Gasteiger partial charge in [-0.15, -0.1) is 0 Å². The number of furan rings is 1. The van der Waals surface area contributed by atoms with Crippen LogP contribution in [0.15, 0.2) is 10.5 Å². The molecule has 1 aromatic heterocycles. The van der Waals surface area contributed by atoms with Gasteiger partial charge in [0.05, 0.1) is 6.61 Å². The molecule has 2 heterocycles. The smallest absolute Gasteiger partial charge is 0.464 e. The summed E-state index contributed by atoms with van der Waals surface area (Å²) < 4.78 is 23.0. The molecule has 20 heavy (non-hydrogen) atoms. The predicted octanol–water partition coefficient (Wildman–Crippen LogP) is 2.73. The van der Waals surface area contributed by atoms with Gasteiger partial charge in [-0.2, -0.15) is 0 Å². The van der Waals surface area contributed by atoms with Gasteiger partial charge in [-0.25, -0.2) is 0 Å². The molecule has 0 N–H and O–H groups in total. The lowest BCUT2D eigenvalue weighted by Gasteiger charge is -2.32. The summed E-state index contributed by atoms with van der Waals surface area (Å²) in [5.74, 6) is 1.85. The van der Waals surface area contributed by atoms with E-state index in [-0.39, 0.29) is 12.5 Å². The Balaban J connectivity index is 1.89. The maximum atomic E-state index is 5.78. The van der Waals surface area contributed by atoms with Crippen LogP contribution in [0.4, 0.5) is 0 Å². The van der Waals surface area contributed by atoms with E-state index >= 15 is 0 Å². The normalized spacial score (nSPS) is 18.8. The highest BCUT2D eigenvalue weighted by molar-refractivity contribution is 6.48. The Morgan fingerprint density at radius 1 is 1.30 bits per heavy atom. The summed E-state index contributed by atoms with van der Waals surface area (Å²) in [6.07, 6.45) is 0.663. The lowest BCUT2D eigenvalue weighted by atomic mass is 9.79. The zero-order chi connectivity index (χ0) is 14.8. The van der Waals surface area contributed by atoms with E-state index in [1.807, 2.05) is 6.92 Å². The third kappa shape index (κ3) is 4.48. The van der Waals surface area contributed by atoms with Gasteiger partial charge in [0.15, 0.2) is 9.04 Å². The van der Waals surface area contributed by atoms with Gasteiger partial charge in [0, 0.05) is 30.5 Å². The van der Waals surface area contributed by atoms with Crippen LogP contribution < -0.4 is 0 Å². The quantitative estimate of drug-likeness (QED) is 0.783. The summed E-state index contributed by atoms with van der Waals surface area (Å²) in [6.45, 7) is 12.7. The Hall–Kier alpha value is -0.558. The average molecular weight is 296 g/mol. The van der Waals surface area contributed by atoms with Gasteiger partial charge in [-0.05, 0) is 26.1 Å². The van der Waals surface area contributed by atoms with E-state index in [2.05, 4.69) is 33.0 Å². The fourth-order valence-electron chi connectivity index (χ4n) is 2.10. The van der Waals surface area contributed by atoms with Crippen LogP contribution in [0.1, 0.15) is 30.9 Å². The zero-order valence-electron chi connectivity index (χ0n) is 13.2. The Morgan fingerprint density at radius 2 is 1.95 bits per heavy atom. The fraction of sp³-hybridized carbons (Fsp3) is 0.714. The minimum Gasteiger partial charge on any atom is -0.467 e. The van der Waals surface area contributed by atoms with Crippen LogP contribution in [0.25, 0.3) is 0 Å². The van der Waals surface area contributed by atoms with E-state index in [0.717, 1.165) is 30.3 Å². The fourth-order valence-corrected chi connectivity index (χ4v) is 2.61. The summed E-state index contributed by atoms with van der Waals surface area (Å²) in [5, 5.41) is 0. The molecule has 1 saturated heterocycles. The zero-order valence-corrected chi connectivity index (χ0v) is 14.3. The highest BCUT2D eigenvalue weighted by Gasteiger charge is 2.32. The summed E-state index contributed by atoms with van der Waals surface area (Å²) in [5.41, 5.74) is 1.24. The van der Waals surface area contributed by atoms with E-state index in [1.54, 1.807) is 0 Å². The molecular formula is C14H25BO4Si. The molecule has 0 aliphatic carbocycles. The second-order valence-electron chi connectivity index (χ2n) is 6.57. The Morgan fingerprint density at radius 3 is 2.55 bits per heavy atom. The Kier molecular flexibility index (Phi) is 5.12. The van der Waals surface area contributed by atoms with Gasteiger partial charge in [-0.1, -0.05) is 13.8 Å². The summed E-state index contributed by atoms with van der Waals surface area (Å²) >= 11 is 0. The van der Waals surface area contributed by atoms with Crippen LogP contribution in [0, 0.1) is 12.3 Å². The molecule has 0 aromatic carbocycles. The largest absolute Gasteiger partial charge is 0.467 e. The minimum absolute atomic E-state index is 0.108. The minimum atomic E-state index is -0.994. The second kappa shape index (κ2) is 6.47. The lowest BCUT2D eigenvalue weighted by Crippen LogP contribution is -2.41. The highest BCUT2D eigenvalue weighted by atomic mass is 28.3. The molecule has 112 valence electrons. The summed E-state index contributed by atoms with van der Waals surface area (Å²) in [6, 6.07) is 2.07. The molecule has 2 rings (SSSR count). The van der Waals surface area contributed by atoms with Crippen LogP contribution in [-0.2, 0) is 26.7 Å². The first kappa shape index (κ1) is 15.8. The van der Waals surface area contributed by atoms with Crippen LogP contribution in [-0.4, -0.2) is 29.4 Å². The number of hydrogen-bond donors (Lipinski definition) is 0. The van der Waals surface area contributed by atoms with Gasteiger partial charge in [0.1, 0.15) is 11.5 Å². The molecule has 0 spiro atoms. The summed E-state index contributed by atoms with van der Waals surface area (Å²) in [7, 11) is -1.19. The predicted molar refractivity (Wildman–Crippen MR) is 82.3 cm³/mol. The SMILES string of the molecule is Cc1oc(CB2OCC(C)(C)CO2)cc1CO[SiH](C)C. The van der Waals surface area contributed by atoms with Gasteiger partial charge >= 0.3 is 7.12 Å². The number of rotatable bonds is 5. The molecule has 0 amide bonds. The van der Waals surface area contributed by atoms with E-state index in [1.165, 1.54) is 0 Å². The highest BCUT2D eigenvalue weighted by Crippen LogP contribution is 2.24. The molecule has 1 aromatic rings. The number of aryl methyl sites for hydroxylation is 1. The molecule has 0 atom stereocenters. The molecule has 0 unspecified atom stereocenters. The third-order valence-corrected chi connectivity index (χ3v) is 4.16. The van der Waals surface area contributed by atoms with Crippen molar-refractivity contribution in [3.05, 3.63) is 23.2 Å². The van der Waals surface area contributed by atoms with Crippen LogP contribution in [0.2, 0.25) is 13.1 Å². The van der Waals surface area contributed by atoms with Crippen molar-refractivity contribution in [1.29, 1.82) is 0 Å². The van der Waals surface area contributed by atoms with E-state index in [0.29, 0.717) is 12.9 Å². The van der Waals surface area contributed by atoms with Gasteiger partial charge < -0.3 is 18.2 Å². The summed E-state index contributed by atoms with van der Waals surface area (Å²) in [4.78, 5) is 0. The molecule has 4 nitrogen and oxygen atoms in total. The van der Waals surface area contributed by atoms with Crippen molar-refractivity contribution in [2.24, 2.45) is 5.41 Å². The van der Waals surface area contributed by atoms with E-state index in [4.69, 9.17) is 18.2 Å². The molecule has 0 bridgehead atoms. The molecule has 6 heteroatoms. The molecule has 1 aliphatic rings. The van der Waals surface area contributed by atoms with Crippen molar-refractivity contribution in [1.82, 2.24) is 0 Å². The lowest BCUT2D eigenvalue weighted by molar-refractivity contribution is 0.0272. The van der Waals surface area contributed by atoms with Gasteiger partial charge in [-0.3, -0.25) is 0 Å². The molecule has 0 saturated carbocycles. The van der Waals surface area contributed by atoms with Gasteiger partial charge in [0.25, 0.3) is 0 Å². The Labute approximate surface area is 123 Å². The average Bonchev–Trinajstić information content (AvgIpc) is 2.70. The molecule has 0 radical (unpaired) electrons. The maximum Gasteiger partial charge on any atom is 0.464 e. The van der Waals surface area contributed by atoms with Crippen LogP contribution >= 0.6 is 0 Å². The van der Waals surface area contributed by atoms with Crippen molar-refractivity contribution in [3.63, 3.8) is 0 Å². The monoisotopic (exact) mass is 296 g/mol. The van der Waals surface area contributed by atoms with Crippen molar-refractivity contribution >= 4 is 16.2 Å². The Bertz CT molecular complexity index is 434. The number of hydrogen-bond acceptors (Lipinski definition) is 4. The second-order valence-corrected chi connectivity index (χ2v) is 9.00. The standard InChI is InChI=1S/C14H25BO4Si/c1-11-12(8-18-20(4)5)6-13(19-11)7-15-16-9-14(2,3)10-17-15/h6,20H,7-10H2,1-5H3. The first-order valence-electron chi connectivity index (χ1n) is 7.29. The van der Waals surface area contributed by atoms with E-state index in [9.17, 15) is 0 Å². The van der Waals surface area contributed by atoms with Crippen molar-refractivity contribution < 1.29 is 18.2 Å². The van der Waals surface area contributed by atoms with Crippen LogP contribution in [0.3, 0.4) is 0 Å². The maximum absolute atomic E-state index is 5.78. The first-order chi connectivity index (χ1) is 9.35. The van der Waals surface area contributed by atoms with Crippen molar-refractivity contribution in [2.45, 2.75) is 46.8 Å². The third-order valence-electron chi connectivity index (χ3n) is 3.33. The van der Waals surface area contributed by atoms with Crippen molar-refractivity contribution in [2.75, 3.05) is 13.2 Å². The molecular weight excluding hydrogens is 271 g/mol. The van der Waals surface area contributed by atoms with Gasteiger partial charge in [0.2, 0.25) is 0 Å². The first-order valence-corrected chi connectivity index (χ1v) is 10.1.